The highest BCUT2D eigenvalue weighted by atomic mass is 35.5. The van der Waals surface area contributed by atoms with Crippen molar-refractivity contribution in [3.8, 4) is 5.69 Å². The third-order valence-corrected chi connectivity index (χ3v) is 4.11. The number of hydrogen-bond donors (Lipinski definition) is 1. The van der Waals surface area contributed by atoms with Crippen LogP contribution in [0.25, 0.3) is 5.69 Å². The van der Waals surface area contributed by atoms with Crippen LogP contribution in [0.5, 0.6) is 0 Å². The molecule has 25 heavy (non-hydrogen) atoms. The maximum Gasteiger partial charge on any atom is 0.307 e. The average molecular weight is 357 g/mol. The van der Waals surface area contributed by atoms with Crippen molar-refractivity contribution in [2.24, 2.45) is 5.10 Å². The van der Waals surface area contributed by atoms with Crippen molar-refractivity contribution in [2.75, 3.05) is 0 Å². The van der Waals surface area contributed by atoms with E-state index in [9.17, 15) is 4.79 Å². The Hall–Kier alpha value is -2.86. The summed E-state index contributed by atoms with van der Waals surface area (Å²) in [6.07, 6.45) is 2.90. The number of rotatable bonds is 4. The lowest BCUT2D eigenvalue weighted by molar-refractivity contribution is 0.0927. The summed E-state index contributed by atoms with van der Waals surface area (Å²) in [6.45, 7) is 5.85. The zero-order chi connectivity index (χ0) is 18.0. The highest BCUT2D eigenvalue weighted by molar-refractivity contribution is 6.32. The number of furan rings is 1. The van der Waals surface area contributed by atoms with E-state index >= 15 is 0 Å². The lowest BCUT2D eigenvalue weighted by Gasteiger charge is -2.08. The standard InChI is InChI=1S/C18H17ClN4O2/c1-11-6-7-12(2)15(9-11)23-17(19)14(13(3)22-23)10-20-21-18(24)16-5-4-8-25-16/h4-10H,1-3H3,(H,21,24)/b20-10-. The van der Waals surface area contributed by atoms with Gasteiger partial charge in [-0.3, -0.25) is 4.79 Å². The molecule has 0 fully saturated rings. The zero-order valence-electron chi connectivity index (χ0n) is 14.1. The van der Waals surface area contributed by atoms with E-state index in [0.29, 0.717) is 16.4 Å². The van der Waals surface area contributed by atoms with Crippen molar-refractivity contribution in [2.45, 2.75) is 20.8 Å². The molecule has 0 unspecified atom stereocenters. The van der Waals surface area contributed by atoms with Crippen LogP contribution in [0.2, 0.25) is 5.15 Å². The summed E-state index contributed by atoms with van der Waals surface area (Å²) in [6, 6.07) is 9.27. The van der Waals surface area contributed by atoms with Gasteiger partial charge in [-0.25, -0.2) is 10.1 Å². The Morgan fingerprint density at radius 1 is 1.32 bits per heavy atom. The second kappa shape index (κ2) is 6.94. The van der Waals surface area contributed by atoms with Gasteiger partial charge in [-0.1, -0.05) is 23.7 Å². The molecule has 0 aliphatic rings. The molecule has 0 saturated heterocycles. The maximum absolute atomic E-state index is 11.8. The molecule has 1 amide bonds. The molecule has 0 aliphatic carbocycles. The summed E-state index contributed by atoms with van der Waals surface area (Å²) in [5.41, 5.74) is 6.84. The SMILES string of the molecule is Cc1ccc(C)c(-n2nc(C)c(/C=N\NC(=O)c3ccco3)c2Cl)c1. The van der Waals surface area contributed by atoms with E-state index in [1.165, 1.54) is 12.5 Å². The first-order valence-corrected chi connectivity index (χ1v) is 8.05. The molecular weight excluding hydrogens is 340 g/mol. The van der Waals surface area contributed by atoms with Crippen molar-refractivity contribution >= 4 is 23.7 Å². The second-order valence-electron chi connectivity index (χ2n) is 5.67. The molecule has 3 rings (SSSR count). The lowest BCUT2D eigenvalue weighted by Crippen LogP contribution is -2.16. The highest BCUT2D eigenvalue weighted by Crippen LogP contribution is 2.24. The van der Waals surface area contributed by atoms with Crippen LogP contribution in [0, 0.1) is 20.8 Å². The minimum Gasteiger partial charge on any atom is -0.459 e. The number of benzene rings is 1. The van der Waals surface area contributed by atoms with Gasteiger partial charge in [0.2, 0.25) is 0 Å². The van der Waals surface area contributed by atoms with Gasteiger partial charge in [-0.2, -0.15) is 10.2 Å². The van der Waals surface area contributed by atoms with E-state index in [1.807, 2.05) is 39.0 Å². The van der Waals surface area contributed by atoms with E-state index in [4.69, 9.17) is 16.0 Å². The van der Waals surface area contributed by atoms with Crippen molar-refractivity contribution in [3.05, 3.63) is 69.9 Å². The summed E-state index contributed by atoms with van der Waals surface area (Å²) in [5.74, 6) is -0.247. The lowest BCUT2D eigenvalue weighted by atomic mass is 10.1. The maximum atomic E-state index is 11.8. The molecule has 1 N–H and O–H groups in total. The van der Waals surface area contributed by atoms with Gasteiger partial charge in [-0.15, -0.1) is 0 Å². The molecule has 2 heterocycles. The Labute approximate surface area is 150 Å². The van der Waals surface area contributed by atoms with Crippen molar-refractivity contribution in [1.29, 1.82) is 0 Å². The number of aromatic nitrogens is 2. The normalized spacial score (nSPS) is 11.2. The molecule has 0 aliphatic heterocycles. The second-order valence-corrected chi connectivity index (χ2v) is 6.03. The zero-order valence-corrected chi connectivity index (χ0v) is 14.8. The summed E-state index contributed by atoms with van der Waals surface area (Å²) in [7, 11) is 0. The van der Waals surface area contributed by atoms with E-state index in [-0.39, 0.29) is 5.76 Å². The molecular formula is C18H17ClN4O2. The topological polar surface area (TPSA) is 72.4 Å². The minimum atomic E-state index is -0.433. The summed E-state index contributed by atoms with van der Waals surface area (Å²) in [4.78, 5) is 11.8. The van der Waals surface area contributed by atoms with Crippen LogP contribution in [-0.4, -0.2) is 21.9 Å². The fraction of sp³-hybridized carbons (Fsp3) is 0.167. The molecule has 6 nitrogen and oxygen atoms in total. The molecule has 0 bridgehead atoms. The van der Waals surface area contributed by atoms with Crippen LogP contribution in [0.3, 0.4) is 0 Å². The molecule has 0 saturated carbocycles. The summed E-state index contributed by atoms with van der Waals surface area (Å²) < 4.78 is 6.68. The molecule has 128 valence electrons. The van der Waals surface area contributed by atoms with Gasteiger partial charge in [0.05, 0.1) is 29.4 Å². The summed E-state index contributed by atoms with van der Waals surface area (Å²) >= 11 is 6.48. The Bertz CT molecular complexity index is 942. The largest absolute Gasteiger partial charge is 0.459 e. The third kappa shape index (κ3) is 3.49. The van der Waals surface area contributed by atoms with Crippen molar-refractivity contribution < 1.29 is 9.21 Å². The Morgan fingerprint density at radius 2 is 2.12 bits per heavy atom. The predicted octanol–water partition coefficient (Wildman–Crippen LogP) is 3.81. The number of hydrogen-bond acceptors (Lipinski definition) is 4. The average Bonchev–Trinajstić information content (AvgIpc) is 3.20. The Morgan fingerprint density at radius 3 is 2.84 bits per heavy atom. The minimum absolute atomic E-state index is 0.186. The van der Waals surface area contributed by atoms with Crippen molar-refractivity contribution in [1.82, 2.24) is 15.2 Å². The first-order valence-electron chi connectivity index (χ1n) is 7.67. The Kier molecular flexibility index (Phi) is 4.72. The number of amides is 1. The fourth-order valence-corrected chi connectivity index (χ4v) is 2.70. The number of carbonyl (C=O) groups excluding carboxylic acids is 1. The van der Waals surface area contributed by atoms with Gasteiger partial charge in [-0.05, 0) is 50.1 Å². The van der Waals surface area contributed by atoms with E-state index in [2.05, 4.69) is 15.6 Å². The van der Waals surface area contributed by atoms with Crippen LogP contribution in [0.1, 0.15) is 32.9 Å². The van der Waals surface area contributed by atoms with Crippen LogP contribution < -0.4 is 5.43 Å². The molecule has 0 spiro atoms. The number of halogens is 1. The van der Waals surface area contributed by atoms with Crippen LogP contribution in [0.4, 0.5) is 0 Å². The van der Waals surface area contributed by atoms with Crippen LogP contribution in [-0.2, 0) is 0 Å². The first-order chi connectivity index (χ1) is 12.0. The van der Waals surface area contributed by atoms with Gasteiger partial charge in [0.1, 0.15) is 5.15 Å². The van der Waals surface area contributed by atoms with Gasteiger partial charge in [0.25, 0.3) is 0 Å². The molecule has 7 heteroatoms. The fourth-order valence-electron chi connectivity index (χ4n) is 2.38. The number of nitrogens with zero attached hydrogens (tertiary/aromatic N) is 3. The van der Waals surface area contributed by atoms with Gasteiger partial charge in [0.15, 0.2) is 5.76 Å². The smallest absolute Gasteiger partial charge is 0.307 e. The predicted molar refractivity (Wildman–Crippen MR) is 96.6 cm³/mol. The first kappa shape index (κ1) is 17.0. The van der Waals surface area contributed by atoms with E-state index in [0.717, 1.165) is 16.8 Å². The molecule has 0 atom stereocenters. The van der Waals surface area contributed by atoms with E-state index in [1.54, 1.807) is 16.8 Å². The number of aryl methyl sites for hydroxylation is 3. The van der Waals surface area contributed by atoms with Crippen molar-refractivity contribution in [3.63, 3.8) is 0 Å². The van der Waals surface area contributed by atoms with Gasteiger partial charge >= 0.3 is 5.91 Å². The highest BCUT2D eigenvalue weighted by Gasteiger charge is 2.15. The number of carbonyl (C=O) groups is 1. The van der Waals surface area contributed by atoms with Gasteiger partial charge < -0.3 is 4.42 Å². The van der Waals surface area contributed by atoms with Gasteiger partial charge in [0, 0.05) is 0 Å². The Balaban J connectivity index is 1.86. The summed E-state index contributed by atoms with van der Waals surface area (Å²) in [5, 5.41) is 8.87. The van der Waals surface area contributed by atoms with E-state index < -0.39 is 5.91 Å². The number of nitrogens with one attached hydrogen (secondary N) is 1. The molecule has 0 radical (unpaired) electrons. The molecule has 3 aromatic rings. The monoisotopic (exact) mass is 356 g/mol. The quantitative estimate of drug-likeness (QED) is 0.570. The third-order valence-electron chi connectivity index (χ3n) is 3.75. The van der Waals surface area contributed by atoms with Crippen LogP contribution in [0.15, 0.2) is 46.1 Å². The number of hydrazone groups is 1. The molecule has 2 aromatic heterocycles. The molecule has 1 aromatic carbocycles. The van der Waals surface area contributed by atoms with Crippen LogP contribution >= 0.6 is 11.6 Å².